The van der Waals surface area contributed by atoms with E-state index in [9.17, 15) is 14.4 Å². The third-order valence-electron chi connectivity index (χ3n) is 6.13. The molecule has 0 unspecified atom stereocenters. The molecule has 1 saturated heterocycles. The molecule has 3 amide bonds. The second-order valence-electron chi connectivity index (χ2n) is 8.51. The zero-order chi connectivity index (χ0) is 25.2. The highest BCUT2D eigenvalue weighted by Crippen LogP contribution is 2.27. The van der Waals surface area contributed by atoms with Gasteiger partial charge in [-0.3, -0.25) is 19.3 Å². The summed E-state index contributed by atoms with van der Waals surface area (Å²) in [5.74, 6) is -1.23. The van der Waals surface area contributed by atoms with Crippen LogP contribution in [0.1, 0.15) is 26.3 Å². The summed E-state index contributed by atoms with van der Waals surface area (Å²) < 4.78 is 22.2. The van der Waals surface area contributed by atoms with Crippen molar-refractivity contribution in [1.82, 2.24) is 9.80 Å². The molecule has 192 valence electrons. The highest BCUT2D eigenvalue weighted by Gasteiger charge is 2.43. The largest absolute Gasteiger partial charge is 0.377 e. The summed E-state index contributed by atoms with van der Waals surface area (Å²) in [6.07, 6.45) is 0.213. The molecule has 0 spiro atoms. The predicted octanol–water partition coefficient (Wildman–Crippen LogP) is 1.80. The minimum absolute atomic E-state index is 0.213. The number of hydrogen-bond donors (Lipinski definition) is 0. The van der Waals surface area contributed by atoms with Crippen molar-refractivity contribution < 1.29 is 33.3 Å². The first kappa shape index (κ1) is 26.0. The molecule has 4 rings (SSSR count). The number of imide groups is 1. The summed E-state index contributed by atoms with van der Waals surface area (Å²) in [5.41, 5.74) is 1.49. The van der Waals surface area contributed by atoms with Gasteiger partial charge in [-0.1, -0.05) is 42.5 Å². The Labute approximate surface area is 210 Å². The van der Waals surface area contributed by atoms with Crippen LogP contribution in [0.2, 0.25) is 0 Å². The van der Waals surface area contributed by atoms with Crippen LogP contribution in [0.25, 0.3) is 0 Å². The van der Waals surface area contributed by atoms with Gasteiger partial charge in [0.05, 0.1) is 64.0 Å². The van der Waals surface area contributed by atoms with Crippen LogP contribution in [-0.2, 0) is 30.2 Å². The molecule has 9 heteroatoms. The fraction of sp³-hybridized carbons (Fsp3) is 0.444. The number of benzene rings is 2. The predicted molar refractivity (Wildman–Crippen MR) is 131 cm³/mol. The van der Waals surface area contributed by atoms with Gasteiger partial charge in [0.15, 0.2) is 0 Å². The lowest BCUT2D eigenvalue weighted by molar-refractivity contribution is -0.137. The summed E-state index contributed by atoms with van der Waals surface area (Å²) in [5, 5.41) is 0. The topological polar surface area (TPSA) is 94.6 Å². The summed E-state index contributed by atoms with van der Waals surface area (Å²) in [6.45, 7) is 3.80. The standard InChI is InChI=1S/C27H32N2O7/c30-25-22-8-4-5-9-23(22)26(31)29(25)24(20-21-6-2-1-3-7-21)27(32)28-10-12-33-14-16-35-18-19-36-17-15-34-13-11-28/h1-9,24H,10-20H2/t24-/m1/s1. The molecule has 1 atom stereocenters. The second kappa shape index (κ2) is 13.3. The van der Waals surface area contributed by atoms with E-state index in [0.29, 0.717) is 77.1 Å². The summed E-state index contributed by atoms with van der Waals surface area (Å²) >= 11 is 0. The van der Waals surface area contributed by atoms with Gasteiger partial charge in [0.1, 0.15) is 6.04 Å². The van der Waals surface area contributed by atoms with Gasteiger partial charge in [0, 0.05) is 19.5 Å². The van der Waals surface area contributed by atoms with Crippen molar-refractivity contribution in [2.45, 2.75) is 12.5 Å². The van der Waals surface area contributed by atoms with Crippen molar-refractivity contribution in [2.24, 2.45) is 0 Å². The van der Waals surface area contributed by atoms with E-state index in [1.54, 1.807) is 29.2 Å². The van der Waals surface area contributed by atoms with Gasteiger partial charge in [-0.2, -0.15) is 0 Å². The molecular formula is C27H32N2O7. The Kier molecular flexibility index (Phi) is 9.57. The SMILES string of the molecule is O=C([C@@H](Cc1ccccc1)N1C(=O)c2ccccc2C1=O)N1CCOCCOCCOCCOCC1. The molecule has 2 aliphatic rings. The molecule has 0 radical (unpaired) electrons. The number of amides is 3. The molecule has 1 fully saturated rings. The van der Waals surface area contributed by atoms with Gasteiger partial charge in [0.2, 0.25) is 5.91 Å². The van der Waals surface area contributed by atoms with Crippen molar-refractivity contribution in [3.8, 4) is 0 Å². The summed E-state index contributed by atoms with van der Waals surface area (Å²) in [4.78, 5) is 43.3. The van der Waals surface area contributed by atoms with Crippen LogP contribution < -0.4 is 0 Å². The van der Waals surface area contributed by atoms with Crippen LogP contribution in [0.15, 0.2) is 54.6 Å². The van der Waals surface area contributed by atoms with E-state index < -0.39 is 17.9 Å². The zero-order valence-electron chi connectivity index (χ0n) is 20.3. The first-order chi connectivity index (χ1) is 17.7. The lowest BCUT2D eigenvalue weighted by atomic mass is 10.0. The van der Waals surface area contributed by atoms with Crippen molar-refractivity contribution in [3.05, 3.63) is 71.3 Å². The van der Waals surface area contributed by atoms with E-state index in [4.69, 9.17) is 18.9 Å². The Morgan fingerprint density at radius 2 is 1.11 bits per heavy atom. The molecule has 0 N–H and O–H groups in total. The average molecular weight is 497 g/mol. The van der Waals surface area contributed by atoms with Gasteiger partial charge in [-0.15, -0.1) is 0 Å². The Hall–Kier alpha value is -3.11. The van der Waals surface area contributed by atoms with Gasteiger partial charge < -0.3 is 23.8 Å². The summed E-state index contributed by atoms with van der Waals surface area (Å²) in [6, 6.07) is 15.1. The Balaban J connectivity index is 1.55. The van der Waals surface area contributed by atoms with Crippen LogP contribution in [0.4, 0.5) is 0 Å². The van der Waals surface area contributed by atoms with Crippen LogP contribution in [0, 0.1) is 0 Å². The molecule has 36 heavy (non-hydrogen) atoms. The fourth-order valence-electron chi connectivity index (χ4n) is 4.27. The van der Waals surface area contributed by atoms with E-state index in [1.807, 2.05) is 30.3 Å². The smallest absolute Gasteiger partial charge is 0.262 e. The number of rotatable bonds is 4. The third-order valence-corrected chi connectivity index (χ3v) is 6.13. The summed E-state index contributed by atoms with van der Waals surface area (Å²) in [7, 11) is 0. The lowest BCUT2D eigenvalue weighted by Crippen LogP contribution is -2.53. The van der Waals surface area contributed by atoms with Crippen molar-refractivity contribution >= 4 is 17.7 Å². The highest BCUT2D eigenvalue weighted by atomic mass is 16.6. The molecule has 2 aliphatic heterocycles. The molecule has 9 nitrogen and oxygen atoms in total. The lowest BCUT2D eigenvalue weighted by Gasteiger charge is -2.31. The average Bonchev–Trinajstić information content (AvgIpc) is 3.15. The van der Waals surface area contributed by atoms with Crippen molar-refractivity contribution in [1.29, 1.82) is 0 Å². The third kappa shape index (κ3) is 6.55. The van der Waals surface area contributed by atoms with Crippen LogP contribution in [-0.4, -0.2) is 99.5 Å². The molecule has 0 aliphatic carbocycles. The van der Waals surface area contributed by atoms with E-state index in [2.05, 4.69) is 0 Å². The minimum atomic E-state index is -0.992. The molecule has 2 aromatic rings. The Bertz CT molecular complexity index is 979. The number of fused-ring (bicyclic) bond motifs is 1. The minimum Gasteiger partial charge on any atom is -0.377 e. The van der Waals surface area contributed by atoms with E-state index in [1.165, 1.54) is 0 Å². The van der Waals surface area contributed by atoms with Gasteiger partial charge in [0.25, 0.3) is 11.8 Å². The second-order valence-corrected chi connectivity index (χ2v) is 8.51. The van der Waals surface area contributed by atoms with Gasteiger partial charge in [-0.25, -0.2) is 0 Å². The van der Waals surface area contributed by atoms with Crippen molar-refractivity contribution in [2.75, 3.05) is 65.9 Å². The molecule has 0 bridgehead atoms. The van der Waals surface area contributed by atoms with E-state index in [-0.39, 0.29) is 12.3 Å². The van der Waals surface area contributed by atoms with Gasteiger partial charge in [-0.05, 0) is 17.7 Å². The molecule has 2 heterocycles. The number of nitrogens with zero attached hydrogens (tertiary/aromatic N) is 2. The molecule has 0 saturated carbocycles. The zero-order valence-corrected chi connectivity index (χ0v) is 20.3. The molecule has 0 aromatic heterocycles. The highest BCUT2D eigenvalue weighted by molar-refractivity contribution is 6.22. The number of carbonyl (C=O) groups excluding carboxylic acids is 3. The van der Waals surface area contributed by atoms with Crippen molar-refractivity contribution in [3.63, 3.8) is 0 Å². The van der Waals surface area contributed by atoms with Crippen LogP contribution >= 0.6 is 0 Å². The maximum Gasteiger partial charge on any atom is 0.262 e. The Morgan fingerprint density at radius 1 is 0.667 bits per heavy atom. The van der Waals surface area contributed by atoms with Crippen LogP contribution in [0.3, 0.4) is 0 Å². The number of carbonyl (C=O) groups is 3. The molecule has 2 aromatic carbocycles. The molecular weight excluding hydrogens is 464 g/mol. The number of hydrogen-bond acceptors (Lipinski definition) is 7. The van der Waals surface area contributed by atoms with Crippen LogP contribution in [0.5, 0.6) is 0 Å². The quantitative estimate of drug-likeness (QED) is 0.596. The van der Waals surface area contributed by atoms with Gasteiger partial charge >= 0.3 is 0 Å². The maximum absolute atomic E-state index is 13.9. The normalized spacial score (nSPS) is 19.3. The van der Waals surface area contributed by atoms with E-state index >= 15 is 0 Å². The van der Waals surface area contributed by atoms with E-state index in [0.717, 1.165) is 10.5 Å². The first-order valence-corrected chi connectivity index (χ1v) is 12.3. The monoisotopic (exact) mass is 496 g/mol. The fourth-order valence-corrected chi connectivity index (χ4v) is 4.27. The maximum atomic E-state index is 13.9. The Morgan fingerprint density at radius 3 is 1.61 bits per heavy atom. The first-order valence-electron chi connectivity index (χ1n) is 12.3. The number of ether oxygens (including phenoxy) is 4.